The molecule has 0 spiro atoms. The summed E-state index contributed by atoms with van der Waals surface area (Å²) in [6.45, 7) is 0. The normalized spacial score (nSPS) is 8.12. The quantitative estimate of drug-likeness (QED) is 0.435. The molecule has 0 aliphatic carbocycles. The van der Waals surface area contributed by atoms with Gasteiger partial charge in [0.05, 0.1) is 0 Å². The Balaban J connectivity index is -0.0000000750. The van der Waals surface area contributed by atoms with Crippen LogP contribution in [0.5, 0.6) is 0 Å². The molecule has 0 radical (unpaired) electrons. The van der Waals surface area contributed by atoms with Crippen LogP contribution in [-0.2, 0) is 32.9 Å². The summed E-state index contributed by atoms with van der Waals surface area (Å²) in [5.41, 5.74) is 0. The number of rotatable bonds is 0. The van der Waals surface area contributed by atoms with Crippen molar-refractivity contribution in [3.05, 3.63) is 0 Å². The topological polar surface area (TPSA) is 57.5 Å². The van der Waals surface area contributed by atoms with Crippen molar-refractivity contribution in [2.24, 2.45) is 0 Å². The zero-order valence-corrected chi connectivity index (χ0v) is 6.04. The molecule has 0 fully saturated rings. The molecule has 49 valence electrons. The van der Waals surface area contributed by atoms with E-state index in [1.54, 1.807) is 0 Å². The summed E-state index contributed by atoms with van der Waals surface area (Å²) < 4.78 is 19.0. The molecule has 0 aromatic carbocycles. The number of hydrogen-bond donors (Lipinski definition) is 2. The summed E-state index contributed by atoms with van der Waals surface area (Å²) in [5.74, 6) is 0. The van der Waals surface area contributed by atoms with Gasteiger partial charge in [0.2, 0.25) is 0 Å². The van der Waals surface area contributed by atoms with Crippen molar-refractivity contribution >= 4 is 37.5 Å². The van der Waals surface area contributed by atoms with Crippen LogP contribution in [0.2, 0.25) is 0 Å². The third-order valence-electron chi connectivity index (χ3n) is 0. The van der Waals surface area contributed by atoms with Gasteiger partial charge in [-0.05, 0) is 0 Å². The molecule has 0 heterocycles. The average Bonchev–Trinajstić information content (AvgIpc) is 1.36. The fourth-order valence-corrected chi connectivity index (χ4v) is 0. The summed E-state index contributed by atoms with van der Waals surface area (Å²) >= 11 is 5.75. The van der Waals surface area contributed by atoms with Gasteiger partial charge in [0.25, 0.3) is 0 Å². The van der Waals surface area contributed by atoms with Crippen LogP contribution in [0, 0.1) is 0 Å². The minimum atomic E-state index is -5.14. The molecule has 0 amide bonds. The second-order valence-electron chi connectivity index (χ2n) is 0.473. The van der Waals surface area contributed by atoms with Crippen molar-refractivity contribution < 1.29 is 46.9 Å². The van der Waals surface area contributed by atoms with E-state index >= 15 is 0 Å². The molecule has 8 heavy (non-hydrogen) atoms. The standard InChI is InChI=1S/FH2O3P.Fe.Mn.Na.H/c1-5(2,3)4;;;;/h(H2,2,3,4);;;;. The first-order chi connectivity index (χ1) is 3.00. The van der Waals surface area contributed by atoms with Crippen molar-refractivity contribution in [1.29, 1.82) is 0 Å². The van der Waals surface area contributed by atoms with Crippen LogP contribution < -0.4 is 0 Å². The molecule has 0 saturated carbocycles. The van der Waals surface area contributed by atoms with Gasteiger partial charge in [-0.25, -0.2) is 4.57 Å². The van der Waals surface area contributed by atoms with Crippen molar-refractivity contribution in [2.45, 2.75) is 0 Å². The Kier molecular flexibility index (Phi) is 18.9. The Bertz CT molecular complexity index is 65.4. The van der Waals surface area contributed by atoms with E-state index in [4.69, 9.17) is 14.4 Å². The molecule has 0 aliphatic heterocycles. The first-order valence-corrected chi connectivity index (χ1v) is 4.53. The Morgan fingerprint density at radius 1 is 1.50 bits per heavy atom. The van der Waals surface area contributed by atoms with Gasteiger partial charge < -0.3 is 0 Å². The Labute approximate surface area is 83.6 Å². The van der Waals surface area contributed by atoms with E-state index in [-0.39, 0.29) is 29.6 Å². The predicted molar refractivity (Wildman–Crippen MR) is 20.3 cm³/mol. The average molecular weight is 235 g/mol. The van der Waals surface area contributed by atoms with Gasteiger partial charge in [-0.3, -0.25) is 9.79 Å². The van der Waals surface area contributed by atoms with E-state index in [9.17, 15) is 4.20 Å². The molecule has 0 atom stereocenters. The van der Waals surface area contributed by atoms with Gasteiger partial charge in [-0.1, -0.05) is 0 Å². The Morgan fingerprint density at radius 2 is 1.50 bits per heavy atom. The van der Waals surface area contributed by atoms with Gasteiger partial charge >= 0.3 is 65.8 Å². The molecule has 3 nitrogen and oxygen atoms in total. The maximum absolute atomic E-state index is 10.4. The first kappa shape index (κ1) is 16.6. The SMILES string of the molecule is O=P(O)(O)F.[Mn][Fe].[NaH]. The van der Waals surface area contributed by atoms with Gasteiger partial charge in [0.1, 0.15) is 0 Å². The van der Waals surface area contributed by atoms with Crippen LogP contribution >= 0.6 is 7.91 Å². The van der Waals surface area contributed by atoms with E-state index in [0.717, 1.165) is 0 Å². The van der Waals surface area contributed by atoms with Crippen LogP contribution in [0.4, 0.5) is 4.20 Å². The third-order valence-corrected chi connectivity index (χ3v) is 0. The molecule has 2 N–H and O–H groups in total. The molecule has 0 rings (SSSR count). The number of halogens is 1. The molecule has 0 aromatic rings. The summed E-state index contributed by atoms with van der Waals surface area (Å²) in [4.78, 5) is 13.9. The number of hydrogen-bond acceptors (Lipinski definition) is 1. The van der Waals surface area contributed by atoms with Crippen LogP contribution in [0.15, 0.2) is 0 Å². The van der Waals surface area contributed by atoms with Gasteiger partial charge in [-0.15, -0.1) is 4.20 Å². The molecule has 0 unspecified atom stereocenters. The monoisotopic (exact) mass is 235 g/mol. The minimum absolute atomic E-state index is 0. The zero-order valence-electron chi connectivity index (χ0n) is 2.86. The van der Waals surface area contributed by atoms with Crippen LogP contribution in [-0.4, -0.2) is 39.3 Å². The van der Waals surface area contributed by atoms with Crippen LogP contribution in [0.3, 0.4) is 0 Å². The van der Waals surface area contributed by atoms with E-state index in [1.165, 1.54) is 0 Å². The molecule has 0 saturated heterocycles. The fourth-order valence-electron chi connectivity index (χ4n) is 0. The molecule has 0 aliphatic rings. The second kappa shape index (κ2) is 9.12. The van der Waals surface area contributed by atoms with Crippen molar-refractivity contribution in [3.63, 3.8) is 0 Å². The van der Waals surface area contributed by atoms with Crippen molar-refractivity contribution in [2.75, 3.05) is 0 Å². The van der Waals surface area contributed by atoms with Crippen LogP contribution in [0.25, 0.3) is 0 Å². The maximum atomic E-state index is 10.4. The van der Waals surface area contributed by atoms with Crippen molar-refractivity contribution in [3.8, 4) is 0 Å². The van der Waals surface area contributed by atoms with Crippen LogP contribution in [0.1, 0.15) is 0 Å². The molecular weight excluding hydrogens is 232 g/mol. The van der Waals surface area contributed by atoms with Crippen molar-refractivity contribution in [1.82, 2.24) is 0 Å². The molecular formula is H3FFeMnNaO3P. The fraction of sp³-hybridized carbons (Fsp3) is 0. The van der Waals surface area contributed by atoms with Gasteiger partial charge in [-0.2, -0.15) is 0 Å². The molecule has 0 aromatic heterocycles. The molecule has 0 bridgehead atoms. The van der Waals surface area contributed by atoms with E-state index < -0.39 is 7.91 Å². The second-order valence-corrected chi connectivity index (χ2v) is 1.42. The van der Waals surface area contributed by atoms with E-state index in [1.807, 2.05) is 0 Å². The third kappa shape index (κ3) is 91.6. The Hall–Kier alpha value is 2.12. The van der Waals surface area contributed by atoms with E-state index in [2.05, 4.69) is 28.4 Å². The summed E-state index contributed by atoms with van der Waals surface area (Å²) in [6, 6.07) is 0. The van der Waals surface area contributed by atoms with Gasteiger partial charge in [0.15, 0.2) is 0 Å². The predicted octanol–water partition coefficient (Wildman–Crippen LogP) is -0.605. The van der Waals surface area contributed by atoms with E-state index in [0.29, 0.717) is 0 Å². The van der Waals surface area contributed by atoms with Gasteiger partial charge in [0, 0.05) is 0 Å². The summed E-state index contributed by atoms with van der Waals surface area (Å²) in [7, 11) is -5.14. The summed E-state index contributed by atoms with van der Waals surface area (Å²) in [5, 5.41) is 0. The first-order valence-electron chi connectivity index (χ1n) is 0.885. The zero-order chi connectivity index (χ0) is 6.50. The molecule has 8 heteroatoms. The Morgan fingerprint density at radius 3 is 1.50 bits per heavy atom. The summed E-state index contributed by atoms with van der Waals surface area (Å²) in [6.07, 6.45) is 0.